The van der Waals surface area contributed by atoms with Crippen molar-refractivity contribution in [2.24, 2.45) is 0 Å². The van der Waals surface area contributed by atoms with Crippen molar-refractivity contribution >= 4 is 23.0 Å². The maximum atomic E-state index is 5.55. The Morgan fingerprint density at radius 3 is 2.28 bits per heavy atom. The van der Waals surface area contributed by atoms with Gasteiger partial charge in [-0.25, -0.2) is 0 Å². The van der Waals surface area contributed by atoms with Crippen molar-refractivity contribution in [1.29, 1.82) is 0 Å². The number of methoxy groups -OCH3 is 1. The third kappa shape index (κ3) is 6.34. The molecule has 1 aliphatic heterocycles. The number of nitrogens with one attached hydrogen (secondary N) is 3. The van der Waals surface area contributed by atoms with Crippen LogP contribution in [-0.2, 0) is 0 Å². The summed E-state index contributed by atoms with van der Waals surface area (Å²) in [5.74, 6) is 1.76. The highest BCUT2D eigenvalue weighted by molar-refractivity contribution is 7.80. The van der Waals surface area contributed by atoms with E-state index in [1.165, 1.54) is 37.9 Å². The molecule has 2 aromatic rings. The zero-order valence-electron chi connectivity index (χ0n) is 17.4. The largest absolute Gasteiger partial charge is 0.497 e. The van der Waals surface area contributed by atoms with Gasteiger partial charge in [-0.1, -0.05) is 0 Å². The van der Waals surface area contributed by atoms with Gasteiger partial charge in [-0.3, -0.25) is 0 Å². The summed E-state index contributed by atoms with van der Waals surface area (Å²) in [5, 5.41) is 7.35. The molecule has 0 amide bonds. The SMILES string of the molecule is CCOc1ccc(NC(=S)NC[C@@H](c2ccc(OC)cc2)[NH+]2CCCCC2)cc1. The molecule has 1 atom stereocenters. The molecule has 29 heavy (non-hydrogen) atoms. The molecule has 0 unspecified atom stereocenters. The van der Waals surface area contributed by atoms with E-state index >= 15 is 0 Å². The second-order valence-electron chi connectivity index (χ2n) is 7.34. The molecule has 1 fully saturated rings. The second kappa shape index (κ2) is 11.0. The summed E-state index contributed by atoms with van der Waals surface area (Å²) in [6.45, 7) is 5.85. The van der Waals surface area contributed by atoms with Crippen molar-refractivity contribution in [3.63, 3.8) is 0 Å². The molecule has 3 N–H and O–H groups in total. The lowest BCUT2D eigenvalue weighted by Gasteiger charge is -2.32. The lowest BCUT2D eigenvalue weighted by atomic mass is 10.0. The van der Waals surface area contributed by atoms with Crippen molar-refractivity contribution in [2.75, 3.05) is 38.7 Å². The van der Waals surface area contributed by atoms with Crippen LogP contribution in [0.5, 0.6) is 11.5 Å². The normalized spacial score (nSPS) is 15.4. The van der Waals surface area contributed by atoms with Gasteiger partial charge in [-0.2, -0.15) is 0 Å². The van der Waals surface area contributed by atoms with Gasteiger partial charge >= 0.3 is 0 Å². The van der Waals surface area contributed by atoms with Crippen LogP contribution in [0, 0.1) is 0 Å². The van der Waals surface area contributed by atoms with E-state index in [-0.39, 0.29) is 0 Å². The minimum absolute atomic E-state index is 0.362. The number of rotatable bonds is 8. The van der Waals surface area contributed by atoms with Crippen LogP contribution < -0.4 is 25.0 Å². The van der Waals surface area contributed by atoms with Crippen LogP contribution >= 0.6 is 12.2 Å². The van der Waals surface area contributed by atoms with E-state index in [1.54, 1.807) is 12.0 Å². The first-order valence-corrected chi connectivity index (χ1v) is 10.9. The number of anilines is 1. The first-order valence-electron chi connectivity index (χ1n) is 10.5. The molecule has 0 aromatic heterocycles. The quantitative estimate of drug-likeness (QED) is 0.579. The van der Waals surface area contributed by atoms with E-state index in [2.05, 4.69) is 22.8 Å². The third-order valence-electron chi connectivity index (χ3n) is 5.40. The smallest absolute Gasteiger partial charge is 0.171 e. The van der Waals surface area contributed by atoms with Crippen molar-refractivity contribution in [2.45, 2.75) is 32.2 Å². The summed E-state index contributed by atoms with van der Waals surface area (Å²) < 4.78 is 10.8. The number of ether oxygens (including phenoxy) is 2. The van der Waals surface area contributed by atoms with Gasteiger partial charge in [0, 0.05) is 11.3 Å². The van der Waals surface area contributed by atoms with Crippen LogP contribution in [0.1, 0.15) is 37.8 Å². The van der Waals surface area contributed by atoms with Gasteiger partial charge in [0.1, 0.15) is 17.5 Å². The number of likely N-dealkylation sites (tertiary alicyclic amines) is 1. The van der Waals surface area contributed by atoms with Crippen LogP contribution in [0.4, 0.5) is 5.69 Å². The molecule has 0 saturated carbocycles. The van der Waals surface area contributed by atoms with Crippen molar-refractivity contribution in [3.8, 4) is 11.5 Å². The van der Waals surface area contributed by atoms with Gasteiger partial charge in [-0.15, -0.1) is 0 Å². The molecule has 1 aliphatic rings. The van der Waals surface area contributed by atoms with Gasteiger partial charge < -0.3 is 25.0 Å². The molecule has 3 rings (SSSR count). The zero-order chi connectivity index (χ0) is 20.5. The Morgan fingerprint density at radius 1 is 1.00 bits per heavy atom. The molecule has 0 bridgehead atoms. The summed E-state index contributed by atoms with van der Waals surface area (Å²) in [4.78, 5) is 1.62. The number of hydrogen-bond acceptors (Lipinski definition) is 3. The van der Waals surface area contributed by atoms with Crippen LogP contribution in [0.3, 0.4) is 0 Å². The van der Waals surface area contributed by atoms with Crippen LogP contribution in [-0.4, -0.2) is 38.5 Å². The molecule has 0 radical (unpaired) electrons. The summed E-state index contributed by atoms with van der Waals surface area (Å²) in [7, 11) is 1.70. The fourth-order valence-electron chi connectivity index (χ4n) is 3.86. The number of hydrogen-bond donors (Lipinski definition) is 3. The van der Waals surface area contributed by atoms with Gasteiger partial charge in [-0.05, 0) is 86.9 Å². The molecule has 0 aliphatic carbocycles. The van der Waals surface area contributed by atoms with Crippen LogP contribution in [0.2, 0.25) is 0 Å². The molecule has 2 aromatic carbocycles. The Balaban J connectivity index is 1.61. The highest BCUT2D eigenvalue weighted by atomic mass is 32.1. The summed E-state index contributed by atoms with van der Waals surface area (Å²) in [5.41, 5.74) is 2.27. The average molecular weight is 415 g/mol. The Kier molecular flexibility index (Phi) is 8.14. The van der Waals surface area contributed by atoms with Gasteiger partial charge in [0.15, 0.2) is 5.11 Å². The van der Waals surface area contributed by atoms with E-state index in [0.717, 1.165) is 23.7 Å². The highest BCUT2D eigenvalue weighted by Crippen LogP contribution is 2.17. The van der Waals surface area contributed by atoms with Crippen LogP contribution in [0.15, 0.2) is 48.5 Å². The fourth-order valence-corrected chi connectivity index (χ4v) is 4.06. The molecular formula is C23H32N3O2S+. The molecule has 1 saturated heterocycles. The van der Waals surface area contributed by atoms with E-state index in [4.69, 9.17) is 21.7 Å². The lowest BCUT2D eigenvalue weighted by Crippen LogP contribution is -3.13. The van der Waals surface area contributed by atoms with E-state index in [0.29, 0.717) is 17.8 Å². The zero-order valence-corrected chi connectivity index (χ0v) is 18.2. The standard InChI is InChI=1S/C23H31N3O2S/c1-3-28-21-13-9-19(10-14-21)25-23(29)24-17-22(26-15-5-4-6-16-26)18-7-11-20(27-2)12-8-18/h7-14,22H,3-6,15-17H2,1-2H3,(H2,24,25,29)/p+1/t22-/m0/s1. The Labute approximate surface area is 179 Å². The Hall–Kier alpha value is -2.31. The lowest BCUT2D eigenvalue weighted by molar-refractivity contribution is -0.934. The topological polar surface area (TPSA) is 47.0 Å². The molecule has 1 heterocycles. The maximum Gasteiger partial charge on any atom is 0.171 e. The molecular weight excluding hydrogens is 382 g/mol. The average Bonchev–Trinajstić information content (AvgIpc) is 2.77. The first kappa shape index (κ1) is 21.4. The fraction of sp³-hybridized carbons (Fsp3) is 0.435. The van der Waals surface area contributed by atoms with Crippen molar-refractivity contribution in [1.82, 2.24) is 5.32 Å². The maximum absolute atomic E-state index is 5.55. The predicted octanol–water partition coefficient (Wildman–Crippen LogP) is 3.19. The van der Waals surface area contributed by atoms with E-state index in [9.17, 15) is 0 Å². The number of quaternary nitrogens is 1. The van der Waals surface area contributed by atoms with Gasteiger partial charge in [0.25, 0.3) is 0 Å². The van der Waals surface area contributed by atoms with E-state index in [1.807, 2.05) is 43.3 Å². The second-order valence-corrected chi connectivity index (χ2v) is 7.75. The number of piperidine rings is 1. The minimum Gasteiger partial charge on any atom is -0.497 e. The summed E-state index contributed by atoms with van der Waals surface area (Å²) in [6.07, 6.45) is 3.91. The first-order chi connectivity index (χ1) is 14.2. The van der Waals surface area contributed by atoms with Crippen molar-refractivity contribution < 1.29 is 14.4 Å². The monoisotopic (exact) mass is 414 g/mol. The molecule has 5 nitrogen and oxygen atoms in total. The molecule has 0 spiro atoms. The Morgan fingerprint density at radius 2 is 1.66 bits per heavy atom. The highest BCUT2D eigenvalue weighted by Gasteiger charge is 2.26. The number of benzene rings is 2. The van der Waals surface area contributed by atoms with Crippen LogP contribution in [0.25, 0.3) is 0 Å². The molecule has 6 heteroatoms. The third-order valence-corrected chi connectivity index (χ3v) is 5.64. The summed E-state index contributed by atoms with van der Waals surface area (Å²) in [6, 6.07) is 16.7. The van der Waals surface area contributed by atoms with Gasteiger partial charge in [0.05, 0.1) is 33.4 Å². The summed E-state index contributed by atoms with van der Waals surface area (Å²) >= 11 is 5.55. The van der Waals surface area contributed by atoms with Crippen molar-refractivity contribution in [3.05, 3.63) is 54.1 Å². The molecule has 156 valence electrons. The van der Waals surface area contributed by atoms with E-state index < -0.39 is 0 Å². The Bertz CT molecular complexity index is 759. The minimum atomic E-state index is 0.362. The predicted molar refractivity (Wildman–Crippen MR) is 122 cm³/mol. The number of thiocarbonyl (C=S) groups is 1. The van der Waals surface area contributed by atoms with Gasteiger partial charge in [0.2, 0.25) is 0 Å².